The summed E-state index contributed by atoms with van der Waals surface area (Å²) in [6.07, 6.45) is 5.91. The Balaban J connectivity index is 1.45. The van der Waals surface area contributed by atoms with Gasteiger partial charge in [0.25, 0.3) is 5.91 Å². The molecule has 8 nitrogen and oxygen atoms in total. The molecular weight excluding hydrogens is 471 g/mol. The highest BCUT2D eigenvalue weighted by molar-refractivity contribution is 5.96. The Morgan fingerprint density at radius 3 is 2.50 bits per heavy atom. The number of hydrogen-bond acceptors (Lipinski definition) is 5. The molecule has 2 bridgehead atoms. The van der Waals surface area contributed by atoms with Gasteiger partial charge in [0.15, 0.2) is 23.1 Å². The van der Waals surface area contributed by atoms with Gasteiger partial charge in [-0.15, -0.1) is 4.80 Å². The van der Waals surface area contributed by atoms with Crippen LogP contribution in [0.1, 0.15) is 52.7 Å². The van der Waals surface area contributed by atoms with Gasteiger partial charge < -0.3 is 4.90 Å². The minimum Gasteiger partial charge on any atom is -0.325 e. The summed E-state index contributed by atoms with van der Waals surface area (Å²) in [7, 11) is 1.69. The smallest absolute Gasteiger partial charge is 0.275 e. The quantitative estimate of drug-likeness (QED) is 0.402. The molecule has 2 atom stereocenters. The first kappa shape index (κ1) is 22.4. The van der Waals surface area contributed by atoms with E-state index in [-0.39, 0.29) is 29.2 Å². The number of hydrogen-bond donors (Lipinski definition) is 0. The van der Waals surface area contributed by atoms with Crippen molar-refractivity contribution in [2.45, 2.75) is 44.7 Å². The van der Waals surface area contributed by atoms with E-state index in [1.807, 2.05) is 11.8 Å². The van der Waals surface area contributed by atoms with Gasteiger partial charge in [-0.2, -0.15) is 15.3 Å². The molecule has 5 heterocycles. The predicted octanol–water partition coefficient (Wildman–Crippen LogP) is 4.08. The summed E-state index contributed by atoms with van der Waals surface area (Å²) in [5, 5.41) is 13.0. The first-order valence-corrected chi connectivity index (χ1v) is 11.7. The summed E-state index contributed by atoms with van der Waals surface area (Å²) < 4.78 is 43.3. The standard InChI is InChI=1S/C25H22F3N7O/c1-13-6-7-20(35-29-8-9-30-35)23(31-13)25(36)34-15-4-3-5-19(34)22-16(12-15)24(33(2)32-22)14-10-17(26)21(28)18(27)11-14/h6-11,15,19H,3-5,12H2,1-2H3. The van der Waals surface area contributed by atoms with Crippen molar-refractivity contribution < 1.29 is 18.0 Å². The van der Waals surface area contributed by atoms with E-state index < -0.39 is 17.5 Å². The van der Waals surface area contributed by atoms with Crippen molar-refractivity contribution in [3.63, 3.8) is 0 Å². The number of pyridine rings is 1. The van der Waals surface area contributed by atoms with Crippen LogP contribution in [0, 0.1) is 24.4 Å². The second-order valence-electron chi connectivity index (χ2n) is 9.25. The predicted molar refractivity (Wildman–Crippen MR) is 123 cm³/mol. The molecule has 0 radical (unpaired) electrons. The molecule has 4 aromatic rings. The Morgan fingerprint density at radius 1 is 1.06 bits per heavy atom. The molecule has 36 heavy (non-hydrogen) atoms. The highest BCUT2D eigenvalue weighted by atomic mass is 19.2. The maximum absolute atomic E-state index is 14.1. The molecule has 1 amide bonds. The van der Waals surface area contributed by atoms with Gasteiger partial charge in [-0.1, -0.05) is 0 Å². The first-order valence-electron chi connectivity index (χ1n) is 11.7. The largest absolute Gasteiger partial charge is 0.325 e. The molecule has 2 aliphatic rings. The van der Waals surface area contributed by atoms with Gasteiger partial charge in [-0.3, -0.25) is 9.48 Å². The van der Waals surface area contributed by atoms with E-state index in [9.17, 15) is 18.0 Å². The summed E-state index contributed by atoms with van der Waals surface area (Å²) in [5.41, 5.74) is 3.69. The lowest BCUT2D eigenvalue weighted by Gasteiger charge is -2.45. The third-order valence-corrected chi connectivity index (χ3v) is 7.02. The number of benzene rings is 1. The third kappa shape index (κ3) is 3.41. The fourth-order valence-corrected chi connectivity index (χ4v) is 5.53. The van der Waals surface area contributed by atoms with Gasteiger partial charge in [-0.05, 0) is 56.9 Å². The number of carbonyl (C=O) groups is 1. The van der Waals surface area contributed by atoms with Crippen molar-refractivity contribution in [2.75, 3.05) is 0 Å². The van der Waals surface area contributed by atoms with E-state index in [2.05, 4.69) is 20.3 Å². The molecule has 1 fully saturated rings. The second kappa shape index (κ2) is 8.28. The molecule has 11 heteroatoms. The van der Waals surface area contributed by atoms with Crippen LogP contribution >= 0.6 is 0 Å². The van der Waals surface area contributed by atoms with Crippen LogP contribution in [-0.4, -0.2) is 46.6 Å². The summed E-state index contributed by atoms with van der Waals surface area (Å²) in [6, 6.07) is 5.08. The number of amides is 1. The SMILES string of the molecule is Cc1ccc(-n2nccn2)c(C(=O)N2C3CCCC2c2nn(C)c(-c4cc(F)c(F)c(F)c4)c2C3)n1. The number of aromatic nitrogens is 6. The van der Waals surface area contributed by atoms with Gasteiger partial charge >= 0.3 is 0 Å². The zero-order valence-corrected chi connectivity index (χ0v) is 19.6. The average molecular weight is 493 g/mol. The zero-order chi connectivity index (χ0) is 25.1. The van der Waals surface area contributed by atoms with Crippen molar-refractivity contribution in [1.82, 2.24) is 34.7 Å². The lowest BCUT2D eigenvalue weighted by molar-refractivity contribution is 0.0385. The van der Waals surface area contributed by atoms with Crippen molar-refractivity contribution in [3.05, 3.63) is 76.8 Å². The number of halogens is 3. The van der Waals surface area contributed by atoms with E-state index in [4.69, 9.17) is 0 Å². The van der Waals surface area contributed by atoms with E-state index in [0.29, 0.717) is 35.6 Å². The van der Waals surface area contributed by atoms with Crippen molar-refractivity contribution in [2.24, 2.45) is 7.05 Å². The minimum absolute atomic E-state index is 0.150. The number of carbonyl (C=O) groups excluding carboxylic acids is 1. The normalized spacial score (nSPS) is 18.9. The molecule has 2 aliphatic heterocycles. The molecular formula is C25H22F3N7O. The number of aryl methyl sites for hydroxylation is 2. The highest BCUT2D eigenvalue weighted by Gasteiger charge is 2.44. The summed E-state index contributed by atoms with van der Waals surface area (Å²) >= 11 is 0. The maximum Gasteiger partial charge on any atom is 0.275 e. The van der Waals surface area contributed by atoms with E-state index in [1.54, 1.807) is 23.9 Å². The van der Waals surface area contributed by atoms with Crippen molar-refractivity contribution >= 4 is 5.91 Å². The van der Waals surface area contributed by atoms with Crippen molar-refractivity contribution in [1.29, 1.82) is 0 Å². The fraction of sp³-hybridized carbons (Fsp3) is 0.320. The second-order valence-corrected chi connectivity index (χ2v) is 9.25. The highest BCUT2D eigenvalue weighted by Crippen LogP contribution is 2.45. The van der Waals surface area contributed by atoms with Gasteiger partial charge in [0.2, 0.25) is 0 Å². The lowest BCUT2D eigenvalue weighted by atomic mass is 9.81. The monoisotopic (exact) mass is 493 g/mol. The Morgan fingerprint density at radius 2 is 1.78 bits per heavy atom. The van der Waals surface area contributed by atoms with Gasteiger partial charge in [-0.25, -0.2) is 18.2 Å². The molecule has 1 saturated heterocycles. The summed E-state index contributed by atoms with van der Waals surface area (Å²) in [5.74, 6) is -4.25. The molecule has 6 rings (SSSR count). The summed E-state index contributed by atoms with van der Waals surface area (Å²) in [4.78, 5) is 21.8. The van der Waals surface area contributed by atoms with Gasteiger partial charge in [0.05, 0.1) is 29.8 Å². The Hall–Kier alpha value is -4.02. The van der Waals surface area contributed by atoms with Gasteiger partial charge in [0.1, 0.15) is 5.69 Å². The number of fused-ring (bicyclic) bond motifs is 4. The number of nitrogens with zero attached hydrogens (tertiary/aromatic N) is 7. The molecule has 0 saturated carbocycles. The van der Waals surface area contributed by atoms with E-state index in [0.717, 1.165) is 30.5 Å². The van der Waals surface area contributed by atoms with Gasteiger partial charge in [0, 0.05) is 29.9 Å². The lowest BCUT2D eigenvalue weighted by Crippen LogP contribution is -2.50. The summed E-state index contributed by atoms with van der Waals surface area (Å²) in [6.45, 7) is 1.82. The zero-order valence-electron chi connectivity index (χ0n) is 19.6. The molecule has 0 spiro atoms. The molecule has 2 unspecified atom stereocenters. The van der Waals surface area contributed by atoms with E-state index in [1.165, 1.54) is 17.2 Å². The average Bonchev–Trinajstić information content (AvgIpc) is 3.49. The number of piperidine rings is 1. The Labute approximate surface area is 204 Å². The van der Waals surface area contributed by atoms with Crippen LogP contribution in [-0.2, 0) is 13.5 Å². The molecule has 0 N–H and O–H groups in total. The minimum atomic E-state index is -1.50. The van der Waals surface area contributed by atoms with Crippen LogP contribution in [0.5, 0.6) is 0 Å². The van der Waals surface area contributed by atoms with Crippen LogP contribution in [0.25, 0.3) is 16.9 Å². The number of rotatable bonds is 3. The molecule has 1 aromatic carbocycles. The fourth-order valence-electron chi connectivity index (χ4n) is 5.53. The van der Waals surface area contributed by atoms with Crippen LogP contribution in [0.4, 0.5) is 13.2 Å². The molecule has 184 valence electrons. The Kier molecular flexibility index (Phi) is 5.16. The Bertz CT molecular complexity index is 1470. The first-order chi connectivity index (χ1) is 17.3. The van der Waals surface area contributed by atoms with Crippen LogP contribution in [0.3, 0.4) is 0 Å². The van der Waals surface area contributed by atoms with Crippen LogP contribution in [0.15, 0.2) is 36.7 Å². The topological polar surface area (TPSA) is 81.7 Å². The molecule has 0 aliphatic carbocycles. The van der Waals surface area contributed by atoms with Crippen molar-refractivity contribution in [3.8, 4) is 16.9 Å². The molecule has 3 aromatic heterocycles. The van der Waals surface area contributed by atoms with Crippen LogP contribution in [0.2, 0.25) is 0 Å². The third-order valence-electron chi connectivity index (χ3n) is 7.02. The maximum atomic E-state index is 14.1. The van der Waals surface area contributed by atoms with E-state index >= 15 is 0 Å². The van der Waals surface area contributed by atoms with Crippen LogP contribution < -0.4 is 0 Å².